The fraction of sp³-hybridized carbons (Fsp3) is 0.800. The van der Waals surface area contributed by atoms with Gasteiger partial charge < -0.3 is 9.47 Å². The molecule has 0 aliphatic carbocycles. The van der Waals surface area contributed by atoms with Crippen molar-refractivity contribution in [1.29, 1.82) is 0 Å². The van der Waals surface area contributed by atoms with Crippen LogP contribution in [-0.4, -0.2) is 33.0 Å². The van der Waals surface area contributed by atoms with Crippen LogP contribution in [0.25, 0.3) is 0 Å². The van der Waals surface area contributed by atoms with E-state index in [1.807, 2.05) is 0 Å². The van der Waals surface area contributed by atoms with Crippen molar-refractivity contribution in [2.45, 2.75) is 0 Å². The normalized spacial score (nSPS) is 9.44. The fourth-order valence-electron chi connectivity index (χ4n) is 0.286. The van der Waals surface area contributed by atoms with Crippen LogP contribution < -0.4 is 0 Å². The second kappa shape index (κ2) is 7.52. The van der Waals surface area contributed by atoms with E-state index in [0.717, 1.165) is 0 Å². The Labute approximate surface area is 52.8 Å². The molecule has 1 radical (unpaired) electrons. The molecule has 0 saturated heterocycles. The first kappa shape index (κ1) is 8.52. The summed E-state index contributed by atoms with van der Waals surface area (Å²) in [6.07, 6.45) is 1.52. The summed E-state index contributed by atoms with van der Waals surface area (Å²) in [4.78, 5) is 9.47. The van der Waals surface area contributed by atoms with E-state index in [9.17, 15) is 9.18 Å². The summed E-state index contributed by atoms with van der Waals surface area (Å²) in [6.45, 7) is -0.471. The van der Waals surface area contributed by atoms with E-state index in [0.29, 0.717) is 0 Å². The molecule has 0 N–H and O–H groups in total. The van der Waals surface area contributed by atoms with Crippen LogP contribution in [0.15, 0.2) is 0 Å². The molecule has 53 valence electrons. The topological polar surface area (TPSA) is 35.5 Å². The number of halogens is 1. The van der Waals surface area contributed by atoms with E-state index in [1.165, 1.54) is 6.29 Å². The van der Waals surface area contributed by atoms with Crippen LogP contribution in [0, 0.1) is 0 Å². The first-order valence-corrected chi connectivity index (χ1v) is 2.48. The molecule has 9 heavy (non-hydrogen) atoms. The third-order valence-electron chi connectivity index (χ3n) is 0.610. The highest BCUT2D eigenvalue weighted by molar-refractivity contribution is 5.51. The predicted molar refractivity (Wildman–Crippen MR) is 28.4 cm³/mol. The third-order valence-corrected chi connectivity index (χ3v) is 0.610. The SMILES string of the molecule is O=[C]COCCOCF. The Bertz CT molecular complexity index is 67.2. The van der Waals surface area contributed by atoms with Crippen molar-refractivity contribution >= 4 is 6.29 Å². The highest BCUT2D eigenvalue weighted by Crippen LogP contribution is 1.76. The summed E-state index contributed by atoms with van der Waals surface area (Å²) in [5.74, 6) is 0. The standard InChI is InChI=1S/C5H8FO3/c6-5-9-4-3-8-2-1-7/h2-5H2. The minimum atomic E-state index is -0.811. The average Bonchev–Trinajstić information content (AvgIpc) is 1.89. The van der Waals surface area contributed by atoms with Gasteiger partial charge in [0.1, 0.15) is 6.61 Å². The van der Waals surface area contributed by atoms with Crippen LogP contribution in [-0.2, 0) is 14.3 Å². The summed E-state index contributed by atoms with van der Waals surface area (Å²) < 4.78 is 20.0. The van der Waals surface area contributed by atoms with Crippen molar-refractivity contribution < 1.29 is 18.7 Å². The first-order chi connectivity index (χ1) is 4.41. The molecule has 3 nitrogen and oxygen atoms in total. The van der Waals surface area contributed by atoms with Crippen molar-refractivity contribution in [3.05, 3.63) is 0 Å². The molecule has 0 bridgehead atoms. The number of hydrogen-bond acceptors (Lipinski definition) is 3. The molecule has 0 aromatic heterocycles. The second-order valence-corrected chi connectivity index (χ2v) is 1.21. The van der Waals surface area contributed by atoms with Gasteiger partial charge in [0.25, 0.3) is 0 Å². The molecular formula is C5H8FO3. The zero-order valence-corrected chi connectivity index (χ0v) is 4.93. The van der Waals surface area contributed by atoms with Crippen molar-refractivity contribution in [3.63, 3.8) is 0 Å². The van der Waals surface area contributed by atoms with Crippen molar-refractivity contribution in [2.24, 2.45) is 0 Å². The Kier molecular flexibility index (Phi) is 7.12. The molecular weight excluding hydrogens is 127 g/mol. The molecule has 0 amide bonds. The molecule has 0 heterocycles. The van der Waals surface area contributed by atoms with Gasteiger partial charge >= 0.3 is 0 Å². The summed E-state index contributed by atoms with van der Waals surface area (Å²) in [5, 5.41) is 0. The maximum absolute atomic E-state index is 11.1. The molecule has 0 aliphatic heterocycles. The van der Waals surface area contributed by atoms with Gasteiger partial charge in [-0.25, -0.2) is 4.39 Å². The molecule has 0 fully saturated rings. The van der Waals surface area contributed by atoms with Gasteiger partial charge in [0, 0.05) is 0 Å². The summed E-state index contributed by atoms with van der Waals surface area (Å²) in [6, 6.07) is 0. The van der Waals surface area contributed by atoms with Gasteiger partial charge in [-0.05, 0) is 0 Å². The maximum Gasteiger partial charge on any atom is 0.226 e. The van der Waals surface area contributed by atoms with Crippen molar-refractivity contribution in [2.75, 3.05) is 26.7 Å². The highest BCUT2D eigenvalue weighted by Gasteiger charge is 1.85. The van der Waals surface area contributed by atoms with Crippen LogP contribution in [0.5, 0.6) is 0 Å². The zero-order valence-electron chi connectivity index (χ0n) is 4.93. The van der Waals surface area contributed by atoms with Gasteiger partial charge in [0.15, 0.2) is 6.86 Å². The van der Waals surface area contributed by atoms with Gasteiger partial charge in [-0.2, -0.15) is 0 Å². The lowest BCUT2D eigenvalue weighted by molar-refractivity contribution is 0.0177. The number of ether oxygens (including phenoxy) is 2. The Morgan fingerprint density at radius 1 is 1.33 bits per heavy atom. The molecule has 0 unspecified atom stereocenters. The van der Waals surface area contributed by atoms with E-state index < -0.39 is 6.86 Å². The highest BCUT2D eigenvalue weighted by atomic mass is 19.1. The summed E-state index contributed by atoms with van der Waals surface area (Å²) in [5.41, 5.74) is 0. The van der Waals surface area contributed by atoms with Crippen LogP contribution in [0.4, 0.5) is 4.39 Å². The summed E-state index contributed by atoms with van der Waals surface area (Å²) in [7, 11) is 0. The minimum absolute atomic E-state index is 0.0738. The molecule has 0 atom stereocenters. The second-order valence-electron chi connectivity index (χ2n) is 1.21. The molecule has 4 heteroatoms. The summed E-state index contributed by atoms with van der Waals surface area (Å²) >= 11 is 0. The molecule has 0 aromatic carbocycles. The number of hydrogen-bond donors (Lipinski definition) is 0. The Morgan fingerprint density at radius 2 is 2.00 bits per heavy atom. The molecule has 0 saturated carbocycles. The monoisotopic (exact) mass is 135 g/mol. The van der Waals surface area contributed by atoms with E-state index >= 15 is 0 Å². The largest absolute Gasteiger partial charge is 0.371 e. The Morgan fingerprint density at radius 3 is 2.56 bits per heavy atom. The van der Waals surface area contributed by atoms with Gasteiger partial charge in [-0.15, -0.1) is 0 Å². The number of rotatable bonds is 6. The molecule has 0 spiro atoms. The van der Waals surface area contributed by atoms with E-state index in [-0.39, 0.29) is 19.8 Å². The van der Waals surface area contributed by atoms with E-state index in [2.05, 4.69) is 9.47 Å². The van der Waals surface area contributed by atoms with Crippen LogP contribution in [0.1, 0.15) is 0 Å². The Balaban J connectivity index is 2.66. The minimum Gasteiger partial charge on any atom is -0.371 e. The third kappa shape index (κ3) is 7.52. The maximum atomic E-state index is 11.1. The van der Waals surface area contributed by atoms with Crippen molar-refractivity contribution in [1.82, 2.24) is 0 Å². The molecule has 0 rings (SSSR count). The van der Waals surface area contributed by atoms with Gasteiger partial charge in [0.2, 0.25) is 6.29 Å². The smallest absolute Gasteiger partial charge is 0.226 e. The lowest BCUT2D eigenvalue weighted by Gasteiger charge is -1.96. The van der Waals surface area contributed by atoms with E-state index in [4.69, 9.17) is 0 Å². The Hall–Kier alpha value is -0.480. The van der Waals surface area contributed by atoms with E-state index in [1.54, 1.807) is 0 Å². The molecule has 0 aliphatic rings. The lowest BCUT2D eigenvalue weighted by Crippen LogP contribution is -2.04. The predicted octanol–water partition coefficient (Wildman–Crippen LogP) is 0.0563. The quantitative estimate of drug-likeness (QED) is 0.483. The number of alkyl halides is 1. The fourth-order valence-corrected chi connectivity index (χ4v) is 0.286. The van der Waals surface area contributed by atoms with Crippen LogP contribution >= 0.6 is 0 Å². The van der Waals surface area contributed by atoms with Gasteiger partial charge in [0.05, 0.1) is 13.2 Å². The lowest BCUT2D eigenvalue weighted by atomic mass is 10.7. The first-order valence-electron chi connectivity index (χ1n) is 2.48. The van der Waals surface area contributed by atoms with Gasteiger partial charge in [-0.3, -0.25) is 4.79 Å². The van der Waals surface area contributed by atoms with Crippen LogP contribution in [0.3, 0.4) is 0 Å². The van der Waals surface area contributed by atoms with Crippen LogP contribution in [0.2, 0.25) is 0 Å². The molecule has 0 aromatic rings. The zero-order chi connectivity index (χ0) is 6.95. The van der Waals surface area contributed by atoms with Crippen molar-refractivity contribution in [3.8, 4) is 0 Å². The number of carbonyl (C=O) groups excluding carboxylic acids is 1. The average molecular weight is 135 g/mol. The van der Waals surface area contributed by atoms with Gasteiger partial charge in [-0.1, -0.05) is 0 Å².